The van der Waals surface area contributed by atoms with Crippen LogP contribution in [0.4, 0.5) is 0 Å². The molecule has 1 fully saturated rings. The molecule has 0 saturated carbocycles. The molecule has 1 aromatic heterocycles. The molecule has 2 nitrogen and oxygen atoms in total. The molecular weight excluding hydrogens is 328 g/mol. The van der Waals surface area contributed by atoms with Gasteiger partial charge in [0.05, 0.1) is 0 Å². The van der Waals surface area contributed by atoms with Crippen molar-refractivity contribution < 1.29 is 0 Å². The summed E-state index contributed by atoms with van der Waals surface area (Å²) in [5.74, 6) is 1.20. The molecular formula is C25H30N2. The fourth-order valence-electron chi connectivity index (χ4n) is 4.98. The van der Waals surface area contributed by atoms with Crippen molar-refractivity contribution in [3.05, 3.63) is 84.6 Å². The lowest BCUT2D eigenvalue weighted by molar-refractivity contribution is 0.0816. The predicted octanol–water partition coefficient (Wildman–Crippen LogP) is 5.75. The summed E-state index contributed by atoms with van der Waals surface area (Å²) in [5, 5.41) is 1.42. The van der Waals surface area contributed by atoms with Crippen molar-refractivity contribution in [2.75, 3.05) is 6.54 Å². The Morgan fingerprint density at radius 1 is 1.07 bits per heavy atom. The molecule has 0 spiro atoms. The second kappa shape index (κ2) is 7.74. The molecule has 27 heavy (non-hydrogen) atoms. The lowest BCUT2D eigenvalue weighted by Gasteiger charge is -2.44. The Labute approximate surface area is 163 Å². The molecule has 0 unspecified atom stereocenters. The van der Waals surface area contributed by atoms with Crippen LogP contribution in [0.2, 0.25) is 0 Å². The van der Waals surface area contributed by atoms with Crippen LogP contribution in [0.15, 0.2) is 73.4 Å². The molecule has 0 radical (unpaired) electrons. The van der Waals surface area contributed by atoms with Crippen LogP contribution >= 0.6 is 0 Å². The van der Waals surface area contributed by atoms with Crippen molar-refractivity contribution >= 4 is 10.9 Å². The van der Waals surface area contributed by atoms with Gasteiger partial charge in [-0.05, 0) is 55.3 Å². The summed E-state index contributed by atoms with van der Waals surface area (Å²) in [4.78, 5) is 2.66. The van der Waals surface area contributed by atoms with Gasteiger partial charge in [0.25, 0.3) is 0 Å². The molecule has 0 N–H and O–H groups in total. The van der Waals surface area contributed by atoms with E-state index >= 15 is 0 Å². The average Bonchev–Trinajstić information content (AvgIpc) is 3.03. The van der Waals surface area contributed by atoms with Gasteiger partial charge in [-0.15, -0.1) is 6.58 Å². The van der Waals surface area contributed by atoms with Gasteiger partial charge in [-0.25, -0.2) is 0 Å². The molecule has 2 heterocycles. The number of hydrogen-bond acceptors (Lipinski definition) is 1. The number of allylic oxidation sites excluding steroid dienone is 1. The van der Waals surface area contributed by atoms with Gasteiger partial charge in [0.2, 0.25) is 0 Å². The van der Waals surface area contributed by atoms with Gasteiger partial charge in [-0.2, -0.15) is 0 Å². The fraction of sp³-hybridized carbons (Fsp3) is 0.360. The van der Waals surface area contributed by atoms with E-state index in [0.29, 0.717) is 17.9 Å². The van der Waals surface area contributed by atoms with E-state index in [0.717, 1.165) is 19.5 Å². The monoisotopic (exact) mass is 358 g/mol. The lowest BCUT2D eigenvalue weighted by Crippen LogP contribution is -2.46. The smallest absolute Gasteiger partial charge is 0.0480 e. The Balaban J connectivity index is 1.63. The average molecular weight is 359 g/mol. The summed E-state index contributed by atoms with van der Waals surface area (Å²) in [6.07, 6.45) is 6.76. The van der Waals surface area contributed by atoms with Gasteiger partial charge < -0.3 is 4.57 Å². The van der Waals surface area contributed by atoms with E-state index in [9.17, 15) is 0 Å². The molecule has 0 amide bonds. The van der Waals surface area contributed by atoms with Crippen molar-refractivity contribution in [2.24, 2.45) is 13.0 Å². The van der Waals surface area contributed by atoms with Crippen LogP contribution < -0.4 is 0 Å². The topological polar surface area (TPSA) is 8.17 Å². The van der Waals surface area contributed by atoms with Gasteiger partial charge in [0.15, 0.2) is 0 Å². The van der Waals surface area contributed by atoms with Crippen LogP contribution in [0, 0.1) is 5.92 Å². The zero-order chi connectivity index (χ0) is 18.8. The van der Waals surface area contributed by atoms with Crippen LogP contribution in [0.25, 0.3) is 10.9 Å². The highest BCUT2D eigenvalue weighted by Gasteiger charge is 2.36. The minimum atomic E-state index is 0.543. The Hall–Kier alpha value is -2.32. The third-order valence-electron chi connectivity index (χ3n) is 6.43. The maximum absolute atomic E-state index is 4.07. The van der Waals surface area contributed by atoms with E-state index in [1.807, 2.05) is 0 Å². The number of aromatic nitrogens is 1. The molecule has 4 rings (SSSR count). The van der Waals surface area contributed by atoms with Gasteiger partial charge >= 0.3 is 0 Å². The molecule has 0 aliphatic carbocycles. The SMILES string of the molecule is C=CC[C@@H]1[C@@H](c2cn(C)c3ccccc23)CCN(Cc2ccccc2)[C@H]1C. The fourth-order valence-corrected chi connectivity index (χ4v) is 4.98. The van der Waals surface area contributed by atoms with Crippen LogP contribution in [0.1, 0.15) is 36.8 Å². The summed E-state index contributed by atoms with van der Waals surface area (Å²) < 4.78 is 2.29. The van der Waals surface area contributed by atoms with Crippen molar-refractivity contribution in [3.63, 3.8) is 0 Å². The van der Waals surface area contributed by atoms with Crippen molar-refractivity contribution in [1.82, 2.24) is 9.47 Å². The largest absolute Gasteiger partial charge is 0.350 e. The molecule has 3 aromatic rings. The summed E-state index contributed by atoms with van der Waals surface area (Å²) in [7, 11) is 2.17. The molecule has 0 bridgehead atoms. The van der Waals surface area contributed by atoms with Crippen LogP contribution in [-0.4, -0.2) is 22.1 Å². The van der Waals surface area contributed by atoms with Crippen LogP contribution in [0.3, 0.4) is 0 Å². The van der Waals surface area contributed by atoms with E-state index in [-0.39, 0.29) is 0 Å². The molecule has 2 aromatic carbocycles. The number of piperidine rings is 1. The first-order valence-corrected chi connectivity index (χ1v) is 10.1. The first-order chi connectivity index (χ1) is 13.2. The van der Waals surface area contributed by atoms with E-state index in [1.54, 1.807) is 0 Å². The van der Waals surface area contributed by atoms with E-state index < -0.39 is 0 Å². The highest BCUT2D eigenvalue weighted by atomic mass is 15.2. The third kappa shape index (κ3) is 3.46. The number of hydrogen-bond donors (Lipinski definition) is 0. The van der Waals surface area contributed by atoms with E-state index in [1.165, 1.54) is 28.5 Å². The number of benzene rings is 2. The standard InChI is InChI=1S/C25H30N2/c1-4-10-21-19(2)27(17-20-11-6-5-7-12-20)16-15-22(21)24-18-26(3)25-14-9-8-13-23(24)25/h4-9,11-14,18-19,21-22H,1,10,15-17H2,2-3H3/t19-,21-,22-/m0/s1. The maximum atomic E-state index is 4.07. The predicted molar refractivity (Wildman–Crippen MR) is 115 cm³/mol. The van der Waals surface area contributed by atoms with Gasteiger partial charge in [-0.1, -0.05) is 54.6 Å². The second-order valence-corrected chi connectivity index (χ2v) is 7.99. The first-order valence-electron chi connectivity index (χ1n) is 10.1. The summed E-state index contributed by atoms with van der Waals surface area (Å²) in [6, 6.07) is 20.2. The molecule has 140 valence electrons. The minimum absolute atomic E-state index is 0.543. The summed E-state index contributed by atoms with van der Waals surface area (Å²) >= 11 is 0. The molecule has 1 aliphatic heterocycles. The number of rotatable bonds is 5. The number of fused-ring (bicyclic) bond motifs is 1. The zero-order valence-electron chi connectivity index (χ0n) is 16.5. The Morgan fingerprint density at radius 3 is 2.59 bits per heavy atom. The summed E-state index contributed by atoms with van der Waals surface area (Å²) in [6.45, 7) is 8.67. The third-order valence-corrected chi connectivity index (χ3v) is 6.43. The van der Waals surface area contributed by atoms with Crippen molar-refractivity contribution in [3.8, 4) is 0 Å². The van der Waals surface area contributed by atoms with Gasteiger partial charge in [0.1, 0.15) is 0 Å². The van der Waals surface area contributed by atoms with Crippen molar-refractivity contribution in [2.45, 2.75) is 38.3 Å². The molecule has 2 heteroatoms. The zero-order valence-corrected chi connectivity index (χ0v) is 16.5. The first kappa shape index (κ1) is 18.1. The van der Waals surface area contributed by atoms with Gasteiger partial charge in [-0.3, -0.25) is 4.90 Å². The molecule has 1 saturated heterocycles. The normalized spacial score (nSPS) is 23.6. The minimum Gasteiger partial charge on any atom is -0.350 e. The van der Waals surface area contributed by atoms with Crippen molar-refractivity contribution in [1.29, 1.82) is 0 Å². The number of likely N-dealkylation sites (tertiary alicyclic amines) is 1. The molecule has 3 atom stereocenters. The maximum Gasteiger partial charge on any atom is 0.0480 e. The number of aryl methyl sites for hydroxylation is 1. The summed E-state index contributed by atoms with van der Waals surface area (Å²) in [5.41, 5.74) is 4.26. The van der Waals surface area contributed by atoms with Crippen LogP contribution in [-0.2, 0) is 13.6 Å². The Bertz CT molecular complexity index is 908. The van der Waals surface area contributed by atoms with Gasteiger partial charge in [0, 0.05) is 36.7 Å². The quantitative estimate of drug-likeness (QED) is 0.527. The number of para-hydroxylation sites is 1. The number of nitrogens with zero attached hydrogens (tertiary/aromatic N) is 2. The molecule has 1 aliphatic rings. The highest BCUT2D eigenvalue weighted by Crippen LogP contribution is 2.42. The lowest BCUT2D eigenvalue weighted by atomic mass is 9.74. The highest BCUT2D eigenvalue weighted by molar-refractivity contribution is 5.84. The van der Waals surface area contributed by atoms with E-state index in [4.69, 9.17) is 0 Å². The van der Waals surface area contributed by atoms with Crippen LogP contribution in [0.5, 0.6) is 0 Å². The van der Waals surface area contributed by atoms with E-state index in [2.05, 4.69) is 96.9 Å². The second-order valence-electron chi connectivity index (χ2n) is 7.99. The Morgan fingerprint density at radius 2 is 1.81 bits per heavy atom. The Kier molecular flexibility index (Phi) is 5.18.